The molecule has 0 aliphatic rings. The summed E-state index contributed by atoms with van der Waals surface area (Å²) in [5, 5.41) is 9.07. The van der Waals surface area contributed by atoms with Crippen molar-refractivity contribution in [2.75, 3.05) is 0 Å². The van der Waals surface area contributed by atoms with Gasteiger partial charge in [-0.05, 0) is 37.5 Å². The van der Waals surface area contributed by atoms with Crippen molar-refractivity contribution in [3.63, 3.8) is 0 Å². The summed E-state index contributed by atoms with van der Waals surface area (Å²) in [6.07, 6.45) is 0.219. The predicted molar refractivity (Wildman–Crippen MR) is 46.5 cm³/mol. The fraction of sp³-hybridized carbons (Fsp3) is 0.400. The number of aryl methyl sites for hydroxylation is 1. The van der Waals surface area contributed by atoms with E-state index in [0.717, 1.165) is 5.56 Å². The molecule has 0 fully saturated rings. The molecule has 1 nitrogen and oxygen atoms in total. The fourth-order valence-electron chi connectivity index (χ4n) is 1.17. The highest BCUT2D eigenvalue weighted by molar-refractivity contribution is 5.24. The van der Waals surface area contributed by atoms with E-state index < -0.39 is 0 Å². The summed E-state index contributed by atoms with van der Waals surface area (Å²) in [5.74, 6) is -0.190. The van der Waals surface area contributed by atoms with Crippen LogP contribution in [-0.2, 0) is 6.42 Å². The molecule has 1 atom stereocenters. The number of aliphatic hydroxyl groups excluding tert-OH is 1. The monoisotopic (exact) mass is 168 g/mol. The summed E-state index contributed by atoms with van der Waals surface area (Å²) in [4.78, 5) is 0. The van der Waals surface area contributed by atoms with E-state index >= 15 is 0 Å². The van der Waals surface area contributed by atoms with Crippen LogP contribution < -0.4 is 0 Å². The molecule has 0 saturated carbocycles. The molecule has 1 rings (SSSR count). The summed E-state index contributed by atoms with van der Waals surface area (Å²) in [5.41, 5.74) is 1.61. The van der Waals surface area contributed by atoms with E-state index in [1.165, 1.54) is 6.07 Å². The van der Waals surface area contributed by atoms with E-state index in [-0.39, 0.29) is 11.9 Å². The lowest BCUT2D eigenvalue weighted by atomic mass is 10.1. The molecule has 0 aliphatic carbocycles. The Morgan fingerprint density at radius 2 is 2.17 bits per heavy atom. The Hall–Kier alpha value is -0.890. The summed E-state index contributed by atoms with van der Waals surface area (Å²) in [6.45, 7) is 3.44. The average Bonchev–Trinajstić information content (AvgIpc) is 1.96. The third-order valence-electron chi connectivity index (χ3n) is 1.75. The number of hydrogen-bond donors (Lipinski definition) is 1. The molecule has 2 heteroatoms. The molecule has 0 amide bonds. The zero-order valence-electron chi connectivity index (χ0n) is 7.34. The van der Waals surface area contributed by atoms with Gasteiger partial charge in [-0.1, -0.05) is 12.1 Å². The third kappa shape index (κ3) is 2.31. The maximum atomic E-state index is 12.8. The first-order valence-electron chi connectivity index (χ1n) is 4.02. The maximum absolute atomic E-state index is 12.8. The number of aliphatic hydroxyl groups is 1. The van der Waals surface area contributed by atoms with Crippen LogP contribution >= 0.6 is 0 Å². The SMILES string of the molecule is Cc1cc(C[C@H](C)O)ccc1F. The van der Waals surface area contributed by atoms with Gasteiger partial charge in [0.05, 0.1) is 6.10 Å². The van der Waals surface area contributed by atoms with Crippen LogP contribution in [0.25, 0.3) is 0 Å². The molecular weight excluding hydrogens is 155 g/mol. The van der Waals surface area contributed by atoms with Gasteiger partial charge in [-0.15, -0.1) is 0 Å². The van der Waals surface area contributed by atoms with Crippen LogP contribution in [0, 0.1) is 12.7 Å². The molecule has 0 aliphatic heterocycles. The van der Waals surface area contributed by atoms with Gasteiger partial charge in [0.1, 0.15) is 5.82 Å². The minimum absolute atomic E-state index is 0.190. The molecule has 0 unspecified atom stereocenters. The number of benzene rings is 1. The summed E-state index contributed by atoms with van der Waals surface area (Å²) < 4.78 is 12.8. The highest BCUT2D eigenvalue weighted by atomic mass is 19.1. The number of rotatable bonds is 2. The molecular formula is C10H13FO. The van der Waals surface area contributed by atoms with Gasteiger partial charge in [-0.3, -0.25) is 0 Å². The predicted octanol–water partition coefficient (Wildman–Crippen LogP) is 2.06. The van der Waals surface area contributed by atoms with E-state index in [9.17, 15) is 4.39 Å². The fourth-order valence-corrected chi connectivity index (χ4v) is 1.17. The Bertz CT molecular complexity index is 269. The lowest BCUT2D eigenvalue weighted by Crippen LogP contribution is -2.04. The molecule has 1 aromatic carbocycles. The van der Waals surface area contributed by atoms with Crippen LogP contribution in [0.1, 0.15) is 18.1 Å². The minimum Gasteiger partial charge on any atom is -0.393 e. The quantitative estimate of drug-likeness (QED) is 0.716. The molecule has 0 saturated heterocycles. The van der Waals surface area contributed by atoms with E-state index in [1.54, 1.807) is 26.0 Å². The van der Waals surface area contributed by atoms with Crippen molar-refractivity contribution in [2.45, 2.75) is 26.4 Å². The summed E-state index contributed by atoms with van der Waals surface area (Å²) in [7, 11) is 0. The van der Waals surface area contributed by atoms with E-state index in [4.69, 9.17) is 5.11 Å². The minimum atomic E-state index is -0.366. The van der Waals surface area contributed by atoms with Gasteiger partial charge >= 0.3 is 0 Å². The second kappa shape index (κ2) is 3.68. The first-order chi connectivity index (χ1) is 5.59. The molecule has 0 heterocycles. The number of halogens is 1. The molecule has 0 aromatic heterocycles. The first kappa shape index (κ1) is 9.20. The second-order valence-electron chi connectivity index (χ2n) is 3.14. The van der Waals surface area contributed by atoms with Gasteiger partial charge in [0.15, 0.2) is 0 Å². The van der Waals surface area contributed by atoms with Crippen LogP contribution in [0.2, 0.25) is 0 Å². The lowest BCUT2D eigenvalue weighted by molar-refractivity contribution is 0.195. The van der Waals surface area contributed by atoms with Crippen molar-refractivity contribution in [3.8, 4) is 0 Å². The van der Waals surface area contributed by atoms with Crippen LogP contribution in [0.15, 0.2) is 18.2 Å². The molecule has 1 N–H and O–H groups in total. The Morgan fingerprint density at radius 3 is 2.67 bits per heavy atom. The van der Waals surface area contributed by atoms with Crippen molar-refractivity contribution in [3.05, 3.63) is 35.1 Å². The van der Waals surface area contributed by atoms with E-state index in [1.807, 2.05) is 0 Å². The zero-order valence-corrected chi connectivity index (χ0v) is 7.34. The van der Waals surface area contributed by atoms with Crippen molar-refractivity contribution in [1.29, 1.82) is 0 Å². The average molecular weight is 168 g/mol. The van der Waals surface area contributed by atoms with Gasteiger partial charge in [0.25, 0.3) is 0 Å². The van der Waals surface area contributed by atoms with Crippen molar-refractivity contribution >= 4 is 0 Å². The van der Waals surface area contributed by atoms with Crippen LogP contribution in [0.5, 0.6) is 0 Å². The largest absolute Gasteiger partial charge is 0.393 e. The van der Waals surface area contributed by atoms with Gasteiger partial charge in [-0.25, -0.2) is 4.39 Å². The third-order valence-corrected chi connectivity index (χ3v) is 1.75. The molecule has 1 aromatic rings. The van der Waals surface area contributed by atoms with Crippen molar-refractivity contribution < 1.29 is 9.50 Å². The van der Waals surface area contributed by atoms with E-state index in [0.29, 0.717) is 12.0 Å². The van der Waals surface area contributed by atoms with Gasteiger partial charge in [-0.2, -0.15) is 0 Å². The second-order valence-corrected chi connectivity index (χ2v) is 3.14. The van der Waals surface area contributed by atoms with Gasteiger partial charge in [0.2, 0.25) is 0 Å². The van der Waals surface area contributed by atoms with Gasteiger partial charge in [0, 0.05) is 0 Å². The highest BCUT2D eigenvalue weighted by Crippen LogP contribution is 2.10. The molecule has 12 heavy (non-hydrogen) atoms. The topological polar surface area (TPSA) is 20.2 Å². The summed E-state index contributed by atoms with van der Waals surface area (Å²) >= 11 is 0. The van der Waals surface area contributed by atoms with Crippen LogP contribution in [-0.4, -0.2) is 11.2 Å². The molecule has 0 spiro atoms. The summed E-state index contributed by atoms with van der Waals surface area (Å²) in [6, 6.07) is 4.91. The number of hydrogen-bond acceptors (Lipinski definition) is 1. The van der Waals surface area contributed by atoms with Crippen molar-refractivity contribution in [1.82, 2.24) is 0 Å². The van der Waals surface area contributed by atoms with Crippen LogP contribution in [0.4, 0.5) is 4.39 Å². The van der Waals surface area contributed by atoms with Gasteiger partial charge < -0.3 is 5.11 Å². The Balaban J connectivity index is 2.82. The maximum Gasteiger partial charge on any atom is 0.126 e. The molecule has 0 radical (unpaired) electrons. The zero-order chi connectivity index (χ0) is 9.14. The Labute approximate surface area is 71.9 Å². The molecule has 0 bridgehead atoms. The lowest BCUT2D eigenvalue weighted by Gasteiger charge is -2.05. The van der Waals surface area contributed by atoms with Crippen molar-refractivity contribution in [2.24, 2.45) is 0 Å². The highest BCUT2D eigenvalue weighted by Gasteiger charge is 2.01. The normalized spacial score (nSPS) is 13.0. The Kier molecular flexibility index (Phi) is 2.82. The standard InChI is InChI=1S/C10H13FO/c1-7-5-9(6-8(2)12)3-4-10(7)11/h3-5,8,12H,6H2,1-2H3/t8-/m0/s1. The smallest absolute Gasteiger partial charge is 0.126 e. The first-order valence-corrected chi connectivity index (χ1v) is 4.02. The van der Waals surface area contributed by atoms with E-state index in [2.05, 4.69) is 0 Å². The van der Waals surface area contributed by atoms with Crippen LogP contribution in [0.3, 0.4) is 0 Å². The molecule has 66 valence electrons. The Morgan fingerprint density at radius 1 is 1.50 bits per heavy atom.